The molecule has 3 amide bonds. The number of carbonyl (C=O) groups excluding carboxylic acids is 3. The van der Waals surface area contributed by atoms with Crippen LogP contribution in [0.4, 0.5) is 5.69 Å². The van der Waals surface area contributed by atoms with E-state index in [0.29, 0.717) is 36.8 Å². The third-order valence-electron chi connectivity index (χ3n) is 6.44. The number of amides is 3. The van der Waals surface area contributed by atoms with Crippen LogP contribution in [0.2, 0.25) is 0 Å². The first-order valence-corrected chi connectivity index (χ1v) is 14.3. The number of carbonyl (C=O) groups is 3. The van der Waals surface area contributed by atoms with Crippen molar-refractivity contribution in [2.75, 3.05) is 51.1 Å². The average molecular weight is 541 g/mol. The molecule has 2 saturated heterocycles. The molecule has 1 unspecified atom stereocenters. The van der Waals surface area contributed by atoms with Gasteiger partial charge in [-0.15, -0.1) is 0 Å². The summed E-state index contributed by atoms with van der Waals surface area (Å²) >= 11 is 1.23. The van der Waals surface area contributed by atoms with Gasteiger partial charge in [-0.3, -0.25) is 14.4 Å². The second-order valence-electron chi connectivity index (χ2n) is 10.8. The Labute approximate surface area is 230 Å². The molecule has 0 aliphatic carbocycles. The largest absolute Gasteiger partial charge is 0.383 e. The smallest absolute Gasteiger partial charge is 0.264 e. The molecule has 2 aliphatic rings. The molecule has 0 aromatic heterocycles. The van der Waals surface area contributed by atoms with Gasteiger partial charge in [-0.05, 0) is 69.4 Å². The normalized spacial score (nSPS) is 19.3. The van der Waals surface area contributed by atoms with Crippen LogP contribution in [-0.4, -0.2) is 78.6 Å². The van der Waals surface area contributed by atoms with Crippen molar-refractivity contribution in [3.8, 4) is 6.07 Å². The van der Waals surface area contributed by atoms with Crippen molar-refractivity contribution in [3.05, 3.63) is 40.4 Å². The van der Waals surface area contributed by atoms with Gasteiger partial charge in [0.1, 0.15) is 21.9 Å². The van der Waals surface area contributed by atoms with Crippen LogP contribution in [0.25, 0.3) is 0 Å². The van der Waals surface area contributed by atoms with Crippen LogP contribution in [0.3, 0.4) is 0 Å². The van der Waals surface area contributed by atoms with Gasteiger partial charge in [0.05, 0.1) is 0 Å². The Morgan fingerprint density at radius 1 is 1.18 bits per heavy atom. The molecule has 0 bridgehead atoms. The molecule has 206 valence electrons. The average Bonchev–Trinajstić information content (AvgIpc) is 3.52. The number of nitriles is 1. The topological polar surface area (TPSA) is 118 Å². The lowest BCUT2D eigenvalue weighted by Gasteiger charge is -2.20. The molecule has 2 fully saturated rings. The fourth-order valence-electron chi connectivity index (χ4n) is 4.37. The molecule has 3 rings (SSSR count). The van der Waals surface area contributed by atoms with Crippen molar-refractivity contribution in [2.24, 2.45) is 5.41 Å². The van der Waals surface area contributed by atoms with Gasteiger partial charge >= 0.3 is 0 Å². The third-order valence-corrected chi connectivity index (χ3v) is 7.74. The van der Waals surface area contributed by atoms with Gasteiger partial charge in [-0.25, -0.2) is 0 Å². The fourth-order valence-corrected chi connectivity index (χ4v) is 5.64. The lowest BCUT2D eigenvalue weighted by atomic mass is 9.97. The first kappa shape index (κ1) is 29.5. The Kier molecular flexibility index (Phi) is 10.6. The molecule has 3 N–H and O–H groups in total. The third kappa shape index (κ3) is 8.23. The summed E-state index contributed by atoms with van der Waals surface area (Å²) in [4.78, 5) is 42.3. The molecule has 0 spiro atoms. The van der Waals surface area contributed by atoms with Crippen molar-refractivity contribution in [1.82, 2.24) is 20.4 Å². The minimum Gasteiger partial charge on any atom is -0.383 e. The predicted molar refractivity (Wildman–Crippen MR) is 151 cm³/mol. The molecule has 1 atom stereocenters. The Balaban J connectivity index is 1.58. The van der Waals surface area contributed by atoms with E-state index in [4.69, 9.17) is 0 Å². The van der Waals surface area contributed by atoms with Crippen molar-refractivity contribution >= 4 is 35.2 Å². The molecular weight excluding hydrogens is 500 g/mol. The number of nitrogens with zero attached hydrogens (tertiary/aromatic N) is 3. The molecule has 2 aliphatic heterocycles. The molecule has 1 aromatic rings. The summed E-state index contributed by atoms with van der Waals surface area (Å²) < 4.78 is 0. The highest BCUT2D eigenvalue weighted by molar-refractivity contribution is 8.04. The zero-order chi connectivity index (χ0) is 27.7. The van der Waals surface area contributed by atoms with Crippen molar-refractivity contribution in [2.45, 2.75) is 52.2 Å². The number of nitrogens with one attached hydrogen (secondary N) is 3. The first-order valence-electron chi connectivity index (χ1n) is 13.4. The van der Waals surface area contributed by atoms with Crippen LogP contribution in [0.5, 0.6) is 0 Å². The van der Waals surface area contributed by atoms with E-state index in [2.05, 4.69) is 20.9 Å². The van der Waals surface area contributed by atoms with Crippen molar-refractivity contribution in [1.29, 1.82) is 5.26 Å². The Morgan fingerprint density at radius 3 is 2.58 bits per heavy atom. The highest BCUT2D eigenvalue weighted by atomic mass is 32.2. The van der Waals surface area contributed by atoms with E-state index >= 15 is 0 Å². The lowest BCUT2D eigenvalue weighted by molar-refractivity contribution is -0.127. The van der Waals surface area contributed by atoms with E-state index in [1.54, 1.807) is 12.1 Å². The second kappa shape index (κ2) is 13.7. The molecule has 2 heterocycles. The van der Waals surface area contributed by atoms with Gasteiger partial charge in [0.2, 0.25) is 5.91 Å². The van der Waals surface area contributed by atoms with Gasteiger partial charge in [0.15, 0.2) is 0 Å². The van der Waals surface area contributed by atoms with Gasteiger partial charge < -0.3 is 25.8 Å². The molecule has 10 heteroatoms. The highest BCUT2D eigenvalue weighted by Gasteiger charge is 2.39. The summed E-state index contributed by atoms with van der Waals surface area (Å²) in [5.41, 5.74) is 1.11. The maximum Gasteiger partial charge on any atom is 0.264 e. The molecule has 1 aromatic carbocycles. The number of hydrogen-bond acceptors (Lipinski definition) is 7. The monoisotopic (exact) mass is 540 g/mol. The molecule has 38 heavy (non-hydrogen) atoms. The van der Waals surface area contributed by atoms with Crippen LogP contribution in [-0.2, 0) is 9.59 Å². The number of rotatable bonds is 11. The summed E-state index contributed by atoms with van der Waals surface area (Å²) in [5, 5.41) is 18.7. The number of benzene rings is 1. The SMILES string of the molecule is CCN1C(=O)C(CNc2cccc(C(=O)NCCCN3CCCC3)c2)S/C1=C(/C#N)C(=O)NCC(C)(C)C. The van der Waals surface area contributed by atoms with Crippen LogP contribution in [0.15, 0.2) is 34.9 Å². The highest BCUT2D eigenvalue weighted by Crippen LogP contribution is 2.37. The summed E-state index contributed by atoms with van der Waals surface area (Å²) in [6, 6.07) is 9.20. The maximum absolute atomic E-state index is 13.1. The van der Waals surface area contributed by atoms with Crippen LogP contribution in [0, 0.1) is 16.7 Å². The number of thioether (sulfide) groups is 1. The minimum atomic E-state index is -0.494. The van der Waals surface area contributed by atoms with E-state index in [1.807, 2.05) is 45.9 Å². The van der Waals surface area contributed by atoms with Gasteiger partial charge in [0, 0.05) is 37.4 Å². The Morgan fingerprint density at radius 2 is 1.92 bits per heavy atom. The Hall–Kier alpha value is -3.03. The first-order chi connectivity index (χ1) is 18.1. The van der Waals surface area contributed by atoms with E-state index in [-0.39, 0.29) is 22.8 Å². The lowest BCUT2D eigenvalue weighted by Crippen LogP contribution is -2.35. The van der Waals surface area contributed by atoms with Crippen molar-refractivity contribution in [3.63, 3.8) is 0 Å². The zero-order valence-electron chi connectivity index (χ0n) is 22.9. The summed E-state index contributed by atoms with van der Waals surface area (Å²) in [5.74, 6) is -0.740. The summed E-state index contributed by atoms with van der Waals surface area (Å²) in [7, 11) is 0. The zero-order valence-corrected chi connectivity index (χ0v) is 23.7. The molecule has 0 saturated carbocycles. The van der Waals surface area contributed by atoms with Gasteiger partial charge in [-0.2, -0.15) is 5.26 Å². The summed E-state index contributed by atoms with van der Waals surface area (Å²) in [6.45, 7) is 12.8. The van der Waals surface area contributed by atoms with Crippen LogP contribution < -0.4 is 16.0 Å². The fraction of sp³-hybridized carbons (Fsp3) is 0.571. The van der Waals surface area contributed by atoms with E-state index in [9.17, 15) is 19.6 Å². The van der Waals surface area contributed by atoms with E-state index < -0.39 is 11.2 Å². The molecular formula is C28H40N6O3S. The van der Waals surface area contributed by atoms with E-state index in [0.717, 1.165) is 31.7 Å². The van der Waals surface area contributed by atoms with Gasteiger partial charge in [-0.1, -0.05) is 38.6 Å². The number of hydrogen-bond donors (Lipinski definition) is 3. The molecule has 9 nitrogen and oxygen atoms in total. The Bertz CT molecular complexity index is 1080. The minimum absolute atomic E-state index is 0.0413. The number of likely N-dealkylation sites (tertiary alicyclic amines) is 1. The summed E-state index contributed by atoms with van der Waals surface area (Å²) in [6.07, 6.45) is 3.45. The van der Waals surface area contributed by atoms with Crippen LogP contribution in [0.1, 0.15) is 57.3 Å². The number of anilines is 1. The molecule has 0 radical (unpaired) electrons. The maximum atomic E-state index is 13.1. The van der Waals surface area contributed by atoms with Gasteiger partial charge in [0.25, 0.3) is 11.8 Å². The standard InChI is InChI=1S/C28H40N6O3S/c1-5-34-26(37)23(38-27(34)22(17-29)25(36)32-19-28(2,3)4)18-31-21-11-8-10-20(16-21)24(35)30-12-9-15-33-13-6-7-14-33/h8,10-11,16,23,31H,5-7,9,12-15,18-19H2,1-4H3,(H,30,35)(H,32,36)/b27-22-. The van der Waals surface area contributed by atoms with Crippen molar-refractivity contribution < 1.29 is 14.4 Å². The quantitative estimate of drug-likeness (QED) is 0.224. The predicted octanol–water partition coefficient (Wildman–Crippen LogP) is 3.18. The second-order valence-corrected chi connectivity index (χ2v) is 12.0. The van der Waals surface area contributed by atoms with Crippen LogP contribution >= 0.6 is 11.8 Å². The van der Waals surface area contributed by atoms with E-state index in [1.165, 1.54) is 29.5 Å².